The molecule has 0 fully saturated rings. The second-order valence-corrected chi connectivity index (χ2v) is 4.36. The average molecular weight is 242 g/mol. The highest BCUT2D eigenvalue weighted by Gasteiger charge is 2.09. The van der Waals surface area contributed by atoms with Gasteiger partial charge in [-0.25, -0.2) is 0 Å². The van der Waals surface area contributed by atoms with Crippen molar-refractivity contribution in [3.8, 4) is 0 Å². The Morgan fingerprint density at radius 1 is 1.17 bits per heavy atom. The zero-order valence-corrected chi connectivity index (χ0v) is 10.4. The number of hydrogen-bond donors (Lipinski definition) is 3. The third-order valence-corrected chi connectivity index (χ3v) is 3.00. The average Bonchev–Trinajstić information content (AvgIpc) is 2.41. The molecule has 18 heavy (non-hydrogen) atoms. The first-order chi connectivity index (χ1) is 8.70. The van der Waals surface area contributed by atoms with Gasteiger partial charge < -0.3 is 16.2 Å². The first-order valence-electron chi connectivity index (χ1n) is 5.99. The van der Waals surface area contributed by atoms with Crippen molar-refractivity contribution in [1.82, 2.24) is 0 Å². The number of hydrogen-bond acceptors (Lipinski definition) is 3. The Morgan fingerprint density at radius 2 is 1.89 bits per heavy atom. The Labute approximate surface area is 107 Å². The molecule has 1 atom stereocenters. The Hall–Kier alpha value is -2.00. The highest BCUT2D eigenvalue weighted by atomic mass is 16.3. The van der Waals surface area contributed by atoms with E-state index in [-0.39, 0.29) is 12.6 Å². The summed E-state index contributed by atoms with van der Waals surface area (Å²) in [5.74, 6) is 0. The summed E-state index contributed by atoms with van der Waals surface area (Å²) in [5.41, 5.74) is 9.66. The second-order valence-electron chi connectivity index (χ2n) is 4.36. The summed E-state index contributed by atoms with van der Waals surface area (Å²) in [6.45, 7) is 2.01. The molecular weight excluding hydrogens is 224 g/mol. The number of aliphatic hydroxyl groups excluding tert-OH is 1. The molecule has 0 amide bonds. The van der Waals surface area contributed by atoms with E-state index in [1.165, 1.54) is 0 Å². The zero-order valence-electron chi connectivity index (χ0n) is 10.4. The van der Waals surface area contributed by atoms with Gasteiger partial charge in [-0.1, -0.05) is 36.4 Å². The van der Waals surface area contributed by atoms with Crippen LogP contribution in [0.15, 0.2) is 48.5 Å². The highest BCUT2D eigenvalue weighted by molar-refractivity contribution is 5.59. The van der Waals surface area contributed by atoms with E-state index in [9.17, 15) is 5.11 Å². The minimum absolute atomic E-state index is 0.0395. The van der Waals surface area contributed by atoms with Crippen molar-refractivity contribution in [3.63, 3.8) is 0 Å². The van der Waals surface area contributed by atoms with Crippen LogP contribution in [0.5, 0.6) is 0 Å². The molecule has 0 saturated carbocycles. The van der Waals surface area contributed by atoms with E-state index in [1.54, 1.807) is 0 Å². The normalized spacial score (nSPS) is 12.1. The lowest BCUT2D eigenvalue weighted by atomic mass is 10.1. The first-order valence-corrected chi connectivity index (χ1v) is 5.99. The number of aryl methyl sites for hydroxylation is 1. The molecule has 0 aliphatic rings. The summed E-state index contributed by atoms with van der Waals surface area (Å²) >= 11 is 0. The summed E-state index contributed by atoms with van der Waals surface area (Å²) in [6, 6.07) is 15.6. The predicted molar refractivity (Wildman–Crippen MR) is 75.5 cm³/mol. The maximum Gasteiger partial charge on any atom is 0.0745 e. The van der Waals surface area contributed by atoms with Crippen molar-refractivity contribution in [2.24, 2.45) is 0 Å². The molecule has 0 aromatic heterocycles. The van der Waals surface area contributed by atoms with Gasteiger partial charge >= 0.3 is 0 Å². The number of anilines is 2. The van der Waals surface area contributed by atoms with Gasteiger partial charge in [0.15, 0.2) is 0 Å². The highest BCUT2D eigenvalue weighted by Crippen LogP contribution is 2.22. The lowest BCUT2D eigenvalue weighted by molar-refractivity contribution is 0.276. The summed E-state index contributed by atoms with van der Waals surface area (Å²) in [7, 11) is 0. The largest absolute Gasteiger partial charge is 0.398 e. The Bertz CT molecular complexity index is 511. The zero-order chi connectivity index (χ0) is 13.0. The SMILES string of the molecule is Cc1ccc(NC(CO)c2ccccc2)cc1N. The molecule has 0 spiro atoms. The molecule has 0 radical (unpaired) electrons. The number of rotatable bonds is 4. The van der Waals surface area contributed by atoms with Gasteiger partial charge in [0.1, 0.15) is 0 Å². The fourth-order valence-electron chi connectivity index (χ4n) is 1.85. The van der Waals surface area contributed by atoms with Crippen molar-refractivity contribution < 1.29 is 5.11 Å². The van der Waals surface area contributed by atoms with Crippen LogP contribution in [0.1, 0.15) is 17.2 Å². The van der Waals surface area contributed by atoms with Crippen LogP contribution in [0.4, 0.5) is 11.4 Å². The Kier molecular flexibility index (Phi) is 3.85. The number of nitrogens with one attached hydrogen (secondary N) is 1. The van der Waals surface area contributed by atoms with Crippen LogP contribution in [0, 0.1) is 6.92 Å². The molecule has 1 unspecified atom stereocenters. The van der Waals surface area contributed by atoms with E-state index >= 15 is 0 Å². The van der Waals surface area contributed by atoms with Gasteiger partial charge in [0.2, 0.25) is 0 Å². The van der Waals surface area contributed by atoms with Gasteiger partial charge in [0.05, 0.1) is 12.6 Å². The number of nitrogen functional groups attached to an aromatic ring is 1. The number of aliphatic hydroxyl groups is 1. The molecule has 2 rings (SSSR count). The van der Waals surface area contributed by atoms with E-state index < -0.39 is 0 Å². The molecular formula is C15H18N2O. The van der Waals surface area contributed by atoms with Crippen LogP contribution in [-0.4, -0.2) is 11.7 Å². The quantitative estimate of drug-likeness (QED) is 0.722. The van der Waals surface area contributed by atoms with Gasteiger partial charge in [0.25, 0.3) is 0 Å². The molecule has 0 heterocycles. The maximum absolute atomic E-state index is 9.47. The van der Waals surface area contributed by atoms with E-state index in [0.717, 1.165) is 22.5 Å². The van der Waals surface area contributed by atoms with Crippen molar-refractivity contribution in [2.45, 2.75) is 13.0 Å². The van der Waals surface area contributed by atoms with Crippen LogP contribution < -0.4 is 11.1 Å². The van der Waals surface area contributed by atoms with Gasteiger partial charge in [-0.05, 0) is 30.2 Å². The topological polar surface area (TPSA) is 58.3 Å². The Morgan fingerprint density at radius 3 is 2.50 bits per heavy atom. The molecule has 0 bridgehead atoms. The molecule has 94 valence electrons. The van der Waals surface area contributed by atoms with Crippen LogP contribution in [0.2, 0.25) is 0 Å². The molecule has 0 aliphatic carbocycles. The fourth-order valence-corrected chi connectivity index (χ4v) is 1.85. The van der Waals surface area contributed by atoms with Crippen molar-refractivity contribution in [3.05, 3.63) is 59.7 Å². The maximum atomic E-state index is 9.47. The monoisotopic (exact) mass is 242 g/mol. The fraction of sp³-hybridized carbons (Fsp3) is 0.200. The molecule has 3 heteroatoms. The summed E-state index contributed by atoms with van der Waals surface area (Å²) in [6.07, 6.45) is 0. The number of nitrogens with two attached hydrogens (primary N) is 1. The first kappa shape index (κ1) is 12.5. The van der Waals surface area contributed by atoms with E-state index in [1.807, 2.05) is 55.5 Å². The standard InChI is InChI=1S/C15H18N2O/c1-11-7-8-13(9-14(11)16)17-15(10-18)12-5-3-2-4-6-12/h2-9,15,17-18H,10,16H2,1H3. The number of benzene rings is 2. The Balaban J connectivity index is 2.18. The van der Waals surface area contributed by atoms with Gasteiger partial charge in [-0.3, -0.25) is 0 Å². The minimum atomic E-state index is -0.117. The van der Waals surface area contributed by atoms with E-state index in [0.29, 0.717) is 0 Å². The molecule has 2 aromatic carbocycles. The van der Waals surface area contributed by atoms with Gasteiger partial charge in [-0.15, -0.1) is 0 Å². The van der Waals surface area contributed by atoms with Crippen molar-refractivity contribution in [2.75, 3.05) is 17.7 Å². The molecule has 0 aliphatic heterocycles. The smallest absolute Gasteiger partial charge is 0.0745 e. The lowest BCUT2D eigenvalue weighted by Crippen LogP contribution is -2.14. The molecule has 3 nitrogen and oxygen atoms in total. The summed E-state index contributed by atoms with van der Waals surface area (Å²) < 4.78 is 0. The minimum Gasteiger partial charge on any atom is -0.398 e. The van der Waals surface area contributed by atoms with Crippen LogP contribution in [0.3, 0.4) is 0 Å². The van der Waals surface area contributed by atoms with Crippen molar-refractivity contribution in [1.29, 1.82) is 0 Å². The van der Waals surface area contributed by atoms with Crippen molar-refractivity contribution >= 4 is 11.4 Å². The summed E-state index contributed by atoms with van der Waals surface area (Å²) in [4.78, 5) is 0. The van der Waals surface area contributed by atoms with Gasteiger partial charge in [0, 0.05) is 11.4 Å². The van der Waals surface area contributed by atoms with E-state index in [4.69, 9.17) is 5.73 Å². The molecule has 0 saturated heterocycles. The second kappa shape index (κ2) is 5.56. The predicted octanol–water partition coefficient (Wildman–Crippen LogP) is 2.72. The molecule has 4 N–H and O–H groups in total. The van der Waals surface area contributed by atoms with E-state index in [2.05, 4.69) is 5.32 Å². The third-order valence-electron chi connectivity index (χ3n) is 3.00. The lowest BCUT2D eigenvalue weighted by Gasteiger charge is -2.18. The summed E-state index contributed by atoms with van der Waals surface area (Å²) in [5, 5.41) is 12.8. The van der Waals surface area contributed by atoms with Gasteiger partial charge in [-0.2, -0.15) is 0 Å². The van der Waals surface area contributed by atoms with Crippen LogP contribution >= 0.6 is 0 Å². The van der Waals surface area contributed by atoms with Crippen LogP contribution in [0.25, 0.3) is 0 Å². The third kappa shape index (κ3) is 2.81. The van der Waals surface area contributed by atoms with Crippen LogP contribution in [-0.2, 0) is 0 Å². The molecule has 2 aromatic rings.